The van der Waals surface area contributed by atoms with Gasteiger partial charge < -0.3 is 25.6 Å². The summed E-state index contributed by atoms with van der Waals surface area (Å²) < 4.78 is 0. The predicted octanol–water partition coefficient (Wildman–Crippen LogP) is -0.509. The summed E-state index contributed by atoms with van der Waals surface area (Å²) in [4.78, 5) is 61.9. The van der Waals surface area contributed by atoms with E-state index in [1.54, 1.807) is 38.0 Å². The highest BCUT2D eigenvalue weighted by molar-refractivity contribution is 5.84. The fourth-order valence-electron chi connectivity index (χ4n) is 3.96. The van der Waals surface area contributed by atoms with Gasteiger partial charge >= 0.3 is 11.9 Å². The highest BCUT2D eigenvalue weighted by Crippen LogP contribution is 2.36. The molecule has 190 valence electrons. The van der Waals surface area contributed by atoms with Gasteiger partial charge in [0.25, 0.3) is 0 Å². The van der Waals surface area contributed by atoms with E-state index in [4.69, 9.17) is 5.11 Å². The molecule has 0 heterocycles. The van der Waals surface area contributed by atoms with Crippen molar-refractivity contribution < 1.29 is 34.2 Å². The van der Waals surface area contributed by atoms with Crippen molar-refractivity contribution in [2.75, 3.05) is 60.9 Å². The molecular formula is C22H40N4O7. The summed E-state index contributed by atoms with van der Waals surface area (Å²) in [6, 6.07) is -0.858. The van der Waals surface area contributed by atoms with Crippen molar-refractivity contribution in [2.24, 2.45) is 5.41 Å². The average Bonchev–Trinajstić information content (AvgIpc) is 2.70. The van der Waals surface area contributed by atoms with Crippen LogP contribution in [0.25, 0.3) is 0 Å². The number of Topliss-reactive ketones (excluding diaryl/α,β-unsaturated/α-hetero) is 2. The van der Waals surface area contributed by atoms with Crippen LogP contribution in [0, 0.1) is 5.41 Å². The molecule has 1 atom stereocenters. The highest BCUT2D eigenvalue weighted by atomic mass is 16.4. The van der Waals surface area contributed by atoms with Gasteiger partial charge in [-0.25, -0.2) is 0 Å². The number of likely N-dealkylation sites (N-methyl/N-ethyl adjacent to an activating group) is 4. The van der Waals surface area contributed by atoms with Crippen molar-refractivity contribution >= 4 is 29.8 Å². The van der Waals surface area contributed by atoms with Crippen molar-refractivity contribution in [1.82, 2.24) is 20.4 Å². The molecule has 0 amide bonds. The Hall–Kier alpha value is -2.21. The first-order valence-electron chi connectivity index (χ1n) is 11.1. The number of aldehydes is 1. The summed E-state index contributed by atoms with van der Waals surface area (Å²) in [5.41, 5.74) is -0.753. The van der Waals surface area contributed by atoms with Gasteiger partial charge in [-0.1, -0.05) is 0 Å². The Kier molecular flexibility index (Phi) is 15.3. The number of carbonyl (C=O) groups excluding carboxylic acids is 3. The SMILES string of the molecule is CNCC(=O)CC(CCN(C)CC(=O)O)(CCN(C)C(CCC=O)C(=O)O)CC(=O)CNC. The van der Waals surface area contributed by atoms with Crippen molar-refractivity contribution in [3.8, 4) is 0 Å². The lowest BCUT2D eigenvalue weighted by molar-refractivity contribution is -0.143. The van der Waals surface area contributed by atoms with Gasteiger partial charge in [-0.15, -0.1) is 0 Å². The summed E-state index contributed by atoms with van der Waals surface area (Å²) in [6.07, 6.45) is 1.98. The molecule has 0 aromatic rings. The number of aliphatic carboxylic acids is 2. The number of nitrogens with one attached hydrogen (secondary N) is 2. The minimum Gasteiger partial charge on any atom is -0.480 e. The number of rotatable bonds is 21. The molecule has 0 spiro atoms. The van der Waals surface area contributed by atoms with Crippen LogP contribution in [0.2, 0.25) is 0 Å². The summed E-state index contributed by atoms with van der Waals surface area (Å²) in [5.74, 6) is -2.16. The zero-order valence-corrected chi connectivity index (χ0v) is 20.3. The molecule has 0 aromatic heterocycles. The Morgan fingerprint density at radius 2 is 1.45 bits per heavy atom. The smallest absolute Gasteiger partial charge is 0.320 e. The van der Waals surface area contributed by atoms with Crippen LogP contribution >= 0.6 is 0 Å². The largest absolute Gasteiger partial charge is 0.480 e. The second kappa shape index (κ2) is 16.4. The van der Waals surface area contributed by atoms with E-state index in [0.717, 1.165) is 0 Å². The van der Waals surface area contributed by atoms with Gasteiger partial charge in [0.2, 0.25) is 0 Å². The normalized spacial score (nSPS) is 12.7. The van der Waals surface area contributed by atoms with Crippen LogP contribution in [0.15, 0.2) is 0 Å². The molecular weight excluding hydrogens is 432 g/mol. The monoisotopic (exact) mass is 472 g/mol. The molecule has 0 saturated heterocycles. The molecule has 0 bridgehead atoms. The minimum absolute atomic E-state index is 0.0750. The van der Waals surface area contributed by atoms with Gasteiger partial charge in [-0.05, 0) is 66.0 Å². The first-order chi connectivity index (χ1) is 15.5. The van der Waals surface area contributed by atoms with Crippen LogP contribution in [-0.2, 0) is 24.0 Å². The molecule has 0 saturated carbocycles. The molecule has 0 rings (SSSR count). The lowest BCUT2D eigenvalue weighted by atomic mass is 9.72. The number of carboxylic acid groups (broad SMARTS) is 2. The second-order valence-electron chi connectivity index (χ2n) is 8.70. The fraction of sp³-hybridized carbons (Fsp3) is 0.773. The molecule has 1 unspecified atom stereocenters. The summed E-state index contributed by atoms with van der Waals surface area (Å²) >= 11 is 0. The molecule has 11 nitrogen and oxygen atoms in total. The third kappa shape index (κ3) is 13.2. The van der Waals surface area contributed by atoms with E-state index in [-0.39, 0.29) is 56.9 Å². The topological polar surface area (TPSA) is 156 Å². The molecule has 0 aromatic carbocycles. The molecule has 11 heteroatoms. The number of nitrogens with zero attached hydrogens (tertiary/aromatic N) is 2. The van der Waals surface area contributed by atoms with Crippen molar-refractivity contribution in [3.63, 3.8) is 0 Å². The maximum atomic E-state index is 12.6. The van der Waals surface area contributed by atoms with Gasteiger partial charge in [-0.2, -0.15) is 0 Å². The number of hydrogen-bond acceptors (Lipinski definition) is 9. The Morgan fingerprint density at radius 3 is 1.88 bits per heavy atom. The predicted molar refractivity (Wildman–Crippen MR) is 123 cm³/mol. The Balaban J connectivity index is 5.77. The van der Waals surface area contributed by atoms with Gasteiger partial charge in [-0.3, -0.25) is 29.0 Å². The van der Waals surface area contributed by atoms with E-state index in [0.29, 0.717) is 32.2 Å². The first kappa shape index (κ1) is 30.8. The lowest BCUT2D eigenvalue weighted by Crippen LogP contribution is -2.43. The van der Waals surface area contributed by atoms with Gasteiger partial charge in [0.15, 0.2) is 0 Å². The number of hydrogen-bond donors (Lipinski definition) is 4. The van der Waals surface area contributed by atoms with Crippen LogP contribution in [-0.4, -0.2) is 117 Å². The molecule has 0 aliphatic carbocycles. The molecule has 33 heavy (non-hydrogen) atoms. The van der Waals surface area contributed by atoms with Gasteiger partial charge in [0, 0.05) is 19.3 Å². The fourth-order valence-corrected chi connectivity index (χ4v) is 3.96. The zero-order chi connectivity index (χ0) is 25.4. The van der Waals surface area contributed by atoms with E-state index in [1.165, 1.54) is 0 Å². The Morgan fingerprint density at radius 1 is 0.939 bits per heavy atom. The van der Waals surface area contributed by atoms with Crippen molar-refractivity contribution in [3.05, 3.63) is 0 Å². The molecule has 0 fully saturated rings. The van der Waals surface area contributed by atoms with E-state index in [2.05, 4.69) is 10.6 Å². The van der Waals surface area contributed by atoms with Gasteiger partial charge in [0.1, 0.15) is 23.9 Å². The summed E-state index contributed by atoms with van der Waals surface area (Å²) in [5, 5.41) is 24.2. The minimum atomic E-state index is -1.04. The summed E-state index contributed by atoms with van der Waals surface area (Å²) in [6.45, 7) is 0.777. The Labute approximate surface area is 195 Å². The molecule has 4 N–H and O–H groups in total. The number of carbonyl (C=O) groups is 5. The van der Waals surface area contributed by atoms with E-state index in [9.17, 15) is 29.1 Å². The van der Waals surface area contributed by atoms with Crippen LogP contribution in [0.4, 0.5) is 0 Å². The maximum Gasteiger partial charge on any atom is 0.320 e. The van der Waals surface area contributed by atoms with Crippen molar-refractivity contribution in [1.29, 1.82) is 0 Å². The van der Waals surface area contributed by atoms with Crippen molar-refractivity contribution in [2.45, 2.75) is 44.6 Å². The number of carboxylic acids is 2. The van der Waals surface area contributed by atoms with E-state index < -0.39 is 23.4 Å². The second-order valence-corrected chi connectivity index (χ2v) is 8.70. The number of ketones is 2. The standard InChI is InChI=1S/C22H40N4O7/c1-23-14-17(28)12-22(13-18(29)15-24-2,7-9-25(3)16-20(30)31)8-10-26(4)19(21(32)33)6-5-11-27/h11,19,23-24H,5-10,12-16H2,1-4H3,(H,30,31)(H,32,33). The molecule has 0 aliphatic heterocycles. The highest BCUT2D eigenvalue weighted by Gasteiger charge is 2.36. The third-order valence-corrected chi connectivity index (χ3v) is 5.69. The van der Waals surface area contributed by atoms with E-state index >= 15 is 0 Å². The quantitative estimate of drug-likeness (QED) is 0.160. The maximum absolute atomic E-state index is 12.6. The first-order valence-corrected chi connectivity index (χ1v) is 11.1. The van der Waals surface area contributed by atoms with Crippen LogP contribution in [0.5, 0.6) is 0 Å². The Bertz CT molecular complexity index is 637. The molecule has 0 radical (unpaired) electrons. The third-order valence-electron chi connectivity index (χ3n) is 5.69. The molecule has 0 aliphatic rings. The zero-order valence-electron chi connectivity index (χ0n) is 20.3. The summed E-state index contributed by atoms with van der Waals surface area (Å²) in [7, 11) is 6.63. The van der Waals surface area contributed by atoms with Crippen LogP contribution < -0.4 is 10.6 Å². The van der Waals surface area contributed by atoms with Gasteiger partial charge in [0.05, 0.1) is 19.6 Å². The van der Waals surface area contributed by atoms with Crippen LogP contribution in [0.3, 0.4) is 0 Å². The van der Waals surface area contributed by atoms with Crippen LogP contribution in [0.1, 0.15) is 38.5 Å². The van der Waals surface area contributed by atoms with E-state index in [1.807, 2.05) is 0 Å². The average molecular weight is 473 g/mol. The lowest BCUT2D eigenvalue weighted by Gasteiger charge is -2.37.